The van der Waals surface area contributed by atoms with E-state index >= 15 is 0 Å². The number of rotatable bonds is 9. The summed E-state index contributed by atoms with van der Waals surface area (Å²) in [6.45, 7) is 5.27. The molecule has 0 fully saturated rings. The summed E-state index contributed by atoms with van der Waals surface area (Å²) in [6.07, 6.45) is 0.0433. The van der Waals surface area contributed by atoms with Crippen LogP contribution in [0, 0.1) is 4.91 Å². The first-order valence-corrected chi connectivity index (χ1v) is 11.6. The SMILES string of the molecule is CC(C(=O)Oc1ccc(C(N)=S)cc1)c1ccc2cc(OC(=O)CC(C)(C)SN=O)ccc2c1. The first-order chi connectivity index (χ1) is 16.1. The molecule has 0 aliphatic rings. The van der Waals surface area contributed by atoms with Gasteiger partial charge in [-0.1, -0.05) is 36.5 Å². The van der Waals surface area contributed by atoms with E-state index in [1.165, 1.54) is 0 Å². The van der Waals surface area contributed by atoms with Gasteiger partial charge in [0.25, 0.3) is 0 Å². The minimum absolute atomic E-state index is 0.0433. The molecule has 0 radical (unpaired) electrons. The largest absolute Gasteiger partial charge is 0.426 e. The Kier molecular flexibility index (Phi) is 8.01. The summed E-state index contributed by atoms with van der Waals surface area (Å²) < 4.78 is 13.1. The molecule has 3 rings (SSSR count). The first-order valence-electron chi connectivity index (χ1n) is 10.4. The number of esters is 2. The Labute approximate surface area is 207 Å². The Morgan fingerprint density at radius 2 is 1.62 bits per heavy atom. The number of carbonyl (C=O) groups excluding carboxylic acids is 2. The lowest BCUT2D eigenvalue weighted by molar-refractivity contribution is -0.136. The monoisotopic (exact) mass is 496 g/mol. The second kappa shape index (κ2) is 10.8. The molecule has 1 unspecified atom stereocenters. The van der Waals surface area contributed by atoms with Crippen molar-refractivity contribution < 1.29 is 19.1 Å². The van der Waals surface area contributed by atoms with Gasteiger partial charge in [0, 0.05) is 26.8 Å². The van der Waals surface area contributed by atoms with Crippen LogP contribution in [0.3, 0.4) is 0 Å². The van der Waals surface area contributed by atoms with Gasteiger partial charge in [0.2, 0.25) is 0 Å². The van der Waals surface area contributed by atoms with E-state index < -0.39 is 22.6 Å². The molecule has 0 aliphatic heterocycles. The maximum Gasteiger partial charge on any atom is 0.318 e. The number of hydrogen-bond donors (Lipinski definition) is 1. The van der Waals surface area contributed by atoms with Gasteiger partial charge in [-0.05, 0) is 73.5 Å². The van der Waals surface area contributed by atoms with E-state index in [0.717, 1.165) is 28.3 Å². The van der Waals surface area contributed by atoms with Gasteiger partial charge < -0.3 is 15.2 Å². The Morgan fingerprint density at radius 1 is 1.00 bits per heavy atom. The summed E-state index contributed by atoms with van der Waals surface area (Å²) in [5, 5.41) is 1.74. The second-order valence-corrected chi connectivity index (χ2v) is 10.3. The summed E-state index contributed by atoms with van der Waals surface area (Å²) in [5.74, 6) is -0.524. The van der Waals surface area contributed by atoms with Crippen LogP contribution >= 0.6 is 24.2 Å². The third-order valence-corrected chi connectivity index (χ3v) is 6.08. The highest BCUT2D eigenvalue weighted by Gasteiger charge is 2.25. The van der Waals surface area contributed by atoms with E-state index in [1.807, 2.05) is 24.3 Å². The maximum atomic E-state index is 12.6. The van der Waals surface area contributed by atoms with Crippen LogP contribution in [0.15, 0.2) is 65.2 Å². The van der Waals surface area contributed by atoms with Crippen molar-refractivity contribution >= 4 is 51.9 Å². The summed E-state index contributed by atoms with van der Waals surface area (Å²) >= 11 is 5.73. The minimum atomic E-state index is -0.644. The van der Waals surface area contributed by atoms with E-state index in [9.17, 15) is 14.5 Å². The fraction of sp³-hybridized carbons (Fsp3) is 0.240. The molecule has 0 bridgehead atoms. The summed E-state index contributed by atoms with van der Waals surface area (Å²) in [6, 6.07) is 17.6. The highest BCUT2D eigenvalue weighted by Crippen LogP contribution is 2.30. The van der Waals surface area contributed by atoms with Crippen molar-refractivity contribution in [1.29, 1.82) is 0 Å². The summed E-state index contributed by atoms with van der Waals surface area (Å²) in [7, 11) is 0. The summed E-state index contributed by atoms with van der Waals surface area (Å²) in [4.78, 5) is 35.6. The molecule has 0 saturated heterocycles. The lowest BCUT2D eigenvalue weighted by Crippen LogP contribution is -2.22. The molecule has 176 valence electrons. The van der Waals surface area contributed by atoms with Gasteiger partial charge in [0.15, 0.2) is 0 Å². The molecule has 2 N–H and O–H groups in total. The zero-order chi connectivity index (χ0) is 24.9. The molecule has 1 atom stereocenters. The van der Waals surface area contributed by atoms with Gasteiger partial charge in [-0.25, -0.2) is 0 Å². The van der Waals surface area contributed by atoms with E-state index in [1.54, 1.807) is 57.2 Å². The van der Waals surface area contributed by atoms with Gasteiger partial charge in [-0.3, -0.25) is 9.59 Å². The fourth-order valence-electron chi connectivity index (χ4n) is 3.25. The van der Waals surface area contributed by atoms with Crippen molar-refractivity contribution in [1.82, 2.24) is 0 Å². The topological polar surface area (TPSA) is 108 Å². The normalized spacial score (nSPS) is 12.1. The number of nitrogens with two attached hydrogens (primary N) is 1. The number of hydrogen-bond acceptors (Lipinski definition) is 8. The van der Waals surface area contributed by atoms with E-state index in [2.05, 4.69) is 4.58 Å². The molecule has 3 aromatic carbocycles. The quantitative estimate of drug-likeness (QED) is 0.133. The number of carbonyl (C=O) groups is 2. The summed E-state index contributed by atoms with van der Waals surface area (Å²) in [5.41, 5.74) is 7.08. The molecule has 7 nitrogen and oxygen atoms in total. The number of nitrogens with zero attached hydrogens (tertiary/aromatic N) is 1. The molecule has 0 aromatic heterocycles. The lowest BCUT2D eigenvalue weighted by Gasteiger charge is -2.17. The van der Waals surface area contributed by atoms with Crippen LogP contribution < -0.4 is 15.2 Å². The molecule has 0 saturated carbocycles. The van der Waals surface area contributed by atoms with Crippen molar-refractivity contribution in [3.63, 3.8) is 0 Å². The molecule has 0 aliphatic carbocycles. The second-order valence-electron chi connectivity index (χ2n) is 8.38. The average Bonchev–Trinajstić information content (AvgIpc) is 2.78. The van der Waals surface area contributed by atoms with Gasteiger partial charge in [-0.2, -0.15) is 0 Å². The molecule has 9 heteroatoms. The van der Waals surface area contributed by atoms with Crippen molar-refractivity contribution in [3.05, 3.63) is 76.7 Å². The Hall–Kier alpha value is -3.30. The van der Waals surface area contributed by atoms with Gasteiger partial charge in [0.1, 0.15) is 16.5 Å². The molecule has 0 heterocycles. The van der Waals surface area contributed by atoms with Crippen LogP contribution in [-0.4, -0.2) is 21.7 Å². The Morgan fingerprint density at radius 3 is 2.26 bits per heavy atom. The third-order valence-electron chi connectivity index (χ3n) is 5.13. The molecular formula is C25H24N2O5S2. The van der Waals surface area contributed by atoms with Crippen LogP contribution in [0.5, 0.6) is 11.5 Å². The molecular weight excluding hydrogens is 472 g/mol. The highest BCUT2D eigenvalue weighted by molar-refractivity contribution is 7.99. The van der Waals surface area contributed by atoms with Gasteiger partial charge in [0.05, 0.1) is 12.3 Å². The van der Waals surface area contributed by atoms with Crippen LogP contribution in [0.1, 0.15) is 44.2 Å². The molecule has 0 spiro atoms. The van der Waals surface area contributed by atoms with Crippen LogP contribution in [0.2, 0.25) is 0 Å². The molecule has 0 amide bonds. The van der Waals surface area contributed by atoms with E-state index in [0.29, 0.717) is 17.1 Å². The standard InChI is InChI=1S/C25H24N2O5S2/c1-15(24(29)32-20-9-6-16(7-10-20)23(26)33)17-4-5-19-13-21(11-8-18(19)12-17)31-22(28)14-25(2,3)34-27-30/h4-13,15H,14H2,1-3H3,(H2,26,33). The number of benzene rings is 3. The van der Waals surface area contributed by atoms with Crippen molar-refractivity contribution in [3.8, 4) is 11.5 Å². The Balaban J connectivity index is 1.68. The van der Waals surface area contributed by atoms with Gasteiger partial charge in [-0.15, -0.1) is 4.91 Å². The zero-order valence-corrected chi connectivity index (χ0v) is 20.6. The highest BCUT2D eigenvalue weighted by atomic mass is 32.2. The predicted molar refractivity (Wildman–Crippen MR) is 138 cm³/mol. The predicted octanol–water partition coefficient (Wildman–Crippen LogP) is 5.67. The minimum Gasteiger partial charge on any atom is -0.426 e. The molecule has 34 heavy (non-hydrogen) atoms. The number of nitroso groups, excluding NO2 is 1. The van der Waals surface area contributed by atoms with Crippen molar-refractivity contribution in [2.24, 2.45) is 10.3 Å². The maximum absolute atomic E-state index is 12.6. The third kappa shape index (κ3) is 6.61. The number of fused-ring (bicyclic) bond motifs is 1. The van der Waals surface area contributed by atoms with Crippen molar-refractivity contribution in [2.75, 3.05) is 0 Å². The smallest absolute Gasteiger partial charge is 0.318 e. The fourth-order valence-corrected chi connectivity index (χ4v) is 3.77. The number of ether oxygens (including phenoxy) is 2. The first kappa shape index (κ1) is 25.3. The van der Waals surface area contributed by atoms with Crippen LogP contribution in [-0.2, 0) is 9.59 Å². The van der Waals surface area contributed by atoms with Crippen molar-refractivity contribution in [2.45, 2.75) is 37.9 Å². The molecule has 3 aromatic rings. The van der Waals surface area contributed by atoms with Crippen LogP contribution in [0.4, 0.5) is 0 Å². The zero-order valence-electron chi connectivity index (χ0n) is 18.9. The van der Waals surface area contributed by atoms with Crippen LogP contribution in [0.25, 0.3) is 10.8 Å². The van der Waals surface area contributed by atoms with E-state index in [-0.39, 0.29) is 11.4 Å². The lowest BCUT2D eigenvalue weighted by atomic mass is 9.98. The van der Waals surface area contributed by atoms with E-state index in [4.69, 9.17) is 27.4 Å². The Bertz CT molecular complexity index is 1240. The average molecular weight is 497 g/mol. The number of thiocarbonyl (C=S) groups is 1. The van der Waals surface area contributed by atoms with Gasteiger partial charge >= 0.3 is 11.9 Å².